The van der Waals surface area contributed by atoms with Gasteiger partial charge in [-0.3, -0.25) is 0 Å². The van der Waals surface area contributed by atoms with Crippen molar-refractivity contribution in [1.29, 1.82) is 5.26 Å². The lowest BCUT2D eigenvalue weighted by Crippen LogP contribution is -2.02. The third-order valence-corrected chi connectivity index (χ3v) is 2.68. The zero-order valence-corrected chi connectivity index (χ0v) is 12.1. The fourth-order valence-electron chi connectivity index (χ4n) is 1.49. The van der Waals surface area contributed by atoms with Crippen LogP contribution in [0.3, 0.4) is 0 Å². The number of carbonyl (C=O) groups excluding carboxylic acids is 1. The van der Waals surface area contributed by atoms with Gasteiger partial charge in [-0.2, -0.15) is 5.26 Å². The molecule has 0 radical (unpaired) electrons. The van der Waals surface area contributed by atoms with Gasteiger partial charge in [0.2, 0.25) is 0 Å². The third-order valence-electron chi connectivity index (χ3n) is 2.68. The van der Waals surface area contributed by atoms with Gasteiger partial charge in [0.1, 0.15) is 17.4 Å². The van der Waals surface area contributed by atoms with Gasteiger partial charge < -0.3 is 9.47 Å². The van der Waals surface area contributed by atoms with E-state index < -0.39 is 5.97 Å². The molecule has 0 saturated carbocycles. The number of hydrogen-bond acceptors (Lipinski definition) is 4. The Hall–Kier alpha value is -2.28. The summed E-state index contributed by atoms with van der Waals surface area (Å²) in [6, 6.07) is 9.05. The molecule has 1 aromatic carbocycles. The van der Waals surface area contributed by atoms with Gasteiger partial charge in [-0.1, -0.05) is 26.0 Å². The number of rotatable bonds is 6. The lowest BCUT2D eigenvalue weighted by molar-refractivity contribution is -0.135. The Kier molecular flexibility index (Phi) is 6.31. The number of hydrogen-bond donors (Lipinski definition) is 0. The van der Waals surface area contributed by atoms with Crippen LogP contribution in [0.4, 0.5) is 0 Å². The largest absolute Gasteiger partial charge is 0.494 e. The van der Waals surface area contributed by atoms with Crippen molar-refractivity contribution in [3.63, 3.8) is 0 Å². The Morgan fingerprint density at radius 1 is 1.35 bits per heavy atom. The Bertz CT molecular complexity index is 510. The standard InChI is InChI=1S/C16H19NO3/c1-12(2)8-9-20-15-6-4-13(5-7-15)10-14(11-17)16(18)19-3/h4-7,10,12H,8-9H2,1-3H3. The lowest BCUT2D eigenvalue weighted by atomic mass is 10.1. The monoisotopic (exact) mass is 273 g/mol. The molecule has 0 aliphatic heterocycles. The van der Waals surface area contributed by atoms with Crippen molar-refractivity contribution in [2.75, 3.05) is 13.7 Å². The number of methoxy groups -OCH3 is 1. The Balaban J connectivity index is 2.69. The lowest BCUT2D eigenvalue weighted by Gasteiger charge is -2.08. The van der Waals surface area contributed by atoms with E-state index >= 15 is 0 Å². The van der Waals surface area contributed by atoms with Crippen LogP contribution in [-0.2, 0) is 9.53 Å². The van der Waals surface area contributed by atoms with E-state index in [0.29, 0.717) is 12.5 Å². The second kappa shape index (κ2) is 8.00. The van der Waals surface area contributed by atoms with Gasteiger partial charge in [0.05, 0.1) is 13.7 Å². The number of nitrogens with zero attached hydrogens (tertiary/aromatic N) is 1. The van der Waals surface area contributed by atoms with Crippen molar-refractivity contribution in [2.24, 2.45) is 5.92 Å². The van der Waals surface area contributed by atoms with Crippen LogP contribution in [0.2, 0.25) is 0 Å². The van der Waals surface area contributed by atoms with Crippen molar-refractivity contribution < 1.29 is 14.3 Å². The number of nitriles is 1. The van der Waals surface area contributed by atoms with E-state index in [1.165, 1.54) is 13.2 Å². The molecule has 20 heavy (non-hydrogen) atoms. The summed E-state index contributed by atoms with van der Waals surface area (Å²) in [6.07, 6.45) is 2.49. The molecule has 0 amide bonds. The Labute approximate surface area is 119 Å². The van der Waals surface area contributed by atoms with Crippen LogP contribution in [0.1, 0.15) is 25.8 Å². The number of benzene rings is 1. The van der Waals surface area contributed by atoms with Gasteiger partial charge in [0, 0.05) is 0 Å². The highest BCUT2D eigenvalue weighted by Crippen LogP contribution is 2.15. The maximum absolute atomic E-state index is 11.3. The molecule has 0 heterocycles. The first-order chi connectivity index (χ1) is 9.56. The zero-order chi connectivity index (χ0) is 15.0. The number of ether oxygens (including phenoxy) is 2. The maximum atomic E-state index is 11.3. The average Bonchev–Trinajstić information content (AvgIpc) is 2.45. The fourth-order valence-corrected chi connectivity index (χ4v) is 1.49. The van der Waals surface area contributed by atoms with Crippen molar-refractivity contribution >= 4 is 12.0 Å². The molecule has 0 unspecified atom stereocenters. The van der Waals surface area contributed by atoms with Crippen molar-refractivity contribution in [3.05, 3.63) is 35.4 Å². The summed E-state index contributed by atoms with van der Waals surface area (Å²) in [6.45, 7) is 4.97. The molecule has 0 bridgehead atoms. The first-order valence-corrected chi connectivity index (χ1v) is 6.49. The molecule has 0 aromatic heterocycles. The number of esters is 1. The van der Waals surface area contributed by atoms with Gasteiger partial charge >= 0.3 is 5.97 Å². The molecule has 0 atom stereocenters. The smallest absolute Gasteiger partial charge is 0.348 e. The molecule has 0 aliphatic carbocycles. The van der Waals surface area contributed by atoms with Crippen LogP contribution in [0.15, 0.2) is 29.8 Å². The topological polar surface area (TPSA) is 59.3 Å². The van der Waals surface area contributed by atoms with Crippen LogP contribution in [0, 0.1) is 17.2 Å². The van der Waals surface area contributed by atoms with Crippen molar-refractivity contribution in [3.8, 4) is 11.8 Å². The second-order valence-electron chi connectivity index (χ2n) is 4.76. The van der Waals surface area contributed by atoms with Gasteiger partial charge in [-0.15, -0.1) is 0 Å². The fraction of sp³-hybridized carbons (Fsp3) is 0.375. The van der Waals surface area contributed by atoms with Gasteiger partial charge in [-0.05, 0) is 36.1 Å². The van der Waals surface area contributed by atoms with E-state index in [0.717, 1.165) is 17.7 Å². The highest BCUT2D eigenvalue weighted by atomic mass is 16.5. The van der Waals surface area contributed by atoms with Crippen LogP contribution in [-0.4, -0.2) is 19.7 Å². The first-order valence-electron chi connectivity index (χ1n) is 6.49. The van der Waals surface area contributed by atoms with Gasteiger partial charge in [0.15, 0.2) is 0 Å². The van der Waals surface area contributed by atoms with Crippen LogP contribution in [0.25, 0.3) is 6.08 Å². The first kappa shape index (κ1) is 15.8. The molecule has 106 valence electrons. The van der Waals surface area contributed by atoms with Gasteiger partial charge in [-0.25, -0.2) is 4.79 Å². The van der Waals surface area contributed by atoms with Crippen molar-refractivity contribution in [2.45, 2.75) is 20.3 Å². The summed E-state index contributed by atoms with van der Waals surface area (Å²) in [5.41, 5.74) is 0.726. The molecule has 0 aliphatic rings. The summed E-state index contributed by atoms with van der Waals surface area (Å²) < 4.78 is 10.1. The van der Waals surface area contributed by atoms with E-state index in [2.05, 4.69) is 18.6 Å². The second-order valence-corrected chi connectivity index (χ2v) is 4.76. The minimum Gasteiger partial charge on any atom is -0.494 e. The number of carbonyl (C=O) groups is 1. The normalized spacial score (nSPS) is 11.1. The summed E-state index contributed by atoms with van der Waals surface area (Å²) in [4.78, 5) is 11.3. The predicted molar refractivity (Wildman–Crippen MR) is 77.0 cm³/mol. The Morgan fingerprint density at radius 2 is 2.00 bits per heavy atom. The van der Waals surface area contributed by atoms with Crippen LogP contribution in [0.5, 0.6) is 5.75 Å². The molecular weight excluding hydrogens is 254 g/mol. The van der Waals surface area contributed by atoms with Gasteiger partial charge in [0.25, 0.3) is 0 Å². The maximum Gasteiger partial charge on any atom is 0.348 e. The molecule has 4 nitrogen and oxygen atoms in total. The molecular formula is C16H19NO3. The molecule has 0 spiro atoms. The van der Waals surface area contributed by atoms with E-state index in [4.69, 9.17) is 10.00 Å². The summed E-state index contributed by atoms with van der Waals surface area (Å²) >= 11 is 0. The SMILES string of the molecule is COC(=O)C(C#N)=Cc1ccc(OCCC(C)C)cc1. The highest BCUT2D eigenvalue weighted by molar-refractivity contribution is 5.97. The van der Waals surface area contributed by atoms with Crippen LogP contribution >= 0.6 is 0 Å². The van der Waals surface area contributed by atoms with E-state index in [1.807, 2.05) is 18.2 Å². The quantitative estimate of drug-likeness (QED) is 0.453. The van der Waals surface area contributed by atoms with E-state index in [9.17, 15) is 4.79 Å². The minimum absolute atomic E-state index is 0.0269. The average molecular weight is 273 g/mol. The Morgan fingerprint density at radius 3 is 2.50 bits per heavy atom. The molecule has 0 saturated heterocycles. The van der Waals surface area contributed by atoms with E-state index in [1.54, 1.807) is 12.1 Å². The van der Waals surface area contributed by atoms with Crippen molar-refractivity contribution in [1.82, 2.24) is 0 Å². The summed E-state index contributed by atoms with van der Waals surface area (Å²) in [7, 11) is 1.25. The molecule has 0 fully saturated rings. The summed E-state index contributed by atoms with van der Waals surface area (Å²) in [5.74, 6) is 0.750. The molecule has 1 rings (SSSR count). The van der Waals surface area contributed by atoms with E-state index in [-0.39, 0.29) is 5.57 Å². The van der Waals surface area contributed by atoms with Crippen LogP contribution < -0.4 is 4.74 Å². The summed E-state index contributed by atoms with van der Waals surface area (Å²) in [5, 5.41) is 8.87. The molecule has 0 N–H and O–H groups in total. The minimum atomic E-state index is -0.634. The zero-order valence-electron chi connectivity index (χ0n) is 12.1. The molecule has 1 aromatic rings. The highest BCUT2D eigenvalue weighted by Gasteiger charge is 2.08. The molecule has 4 heteroatoms. The third kappa shape index (κ3) is 5.15. The predicted octanol–water partition coefficient (Wildman–Crippen LogP) is 3.19.